The van der Waals surface area contributed by atoms with Gasteiger partial charge in [-0.05, 0) is 85.8 Å². The summed E-state index contributed by atoms with van der Waals surface area (Å²) in [6.45, 7) is 2.85. The Labute approximate surface area is 151 Å². The molecule has 0 spiro atoms. The summed E-state index contributed by atoms with van der Waals surface area (Å²) in [5.74, 6) is 4.05. The lowest BCUT2D eigenvalue weighted by Gasteiger charge is -2.57. The predicted molar refractivity (Wildman–Crippen MR) is 102 cm³/mol. The van der Waals surface area contributed by atoms with E-state index in [-0.39, 0.29) is 0 Å². The van der Waals surface area contributed by atoms with Crippen LogP contribution in [0.3, 0.4) is 0 Å². The van der Waals surface area contributed by atoms with Gasteiger partial charge in [0, 0.05) is 5.56 Å². The maximum Gasteiger partial charge on any atom is 0.123 e. The van der Waals surface area contributed by atoms with Crippen LogP contribution in [0.4, 0.5) is 0 Å². The molecule has 0 saturated heterocycles. The van der Waals surface area contributed by atoms with E-state index in [2.05, 4.69) is 55.5 Å². The Morgan fingerprint density at radius 1 is 0.880 bits per heavy atom. The van der Waals surface area contributed by atoms with Gasteiger partial charge < -0.3 is 4.74 Å². The Morgan fingerprint density at radius 3 is 2.16 bits per heavy atom. The van der Waals surface area contributed by atoms with Crippen LogP contribution < -0.4 is 4.74 Å². The van der Waals surface area contributed by atoms with Gasteiger partial charge in [-0.2, -0.15) is 0 Å². The lowest BCUT2D eigenvalue weighted by molar-refractivity contribution is -0.00647. The van der Waals surface area contributed by atoms with Crippen LogP contribution in [-0.2, 0) is 12.0 Å². The van der Waals surface area contributed by atoms with Gasteiger partial charge in [0.1, 0.15) is 12.4 Å². The minimum absolute atomic E-state index is 0.397. The number of ether oxygens (including phenoxy) is 1. The van der Waals surface area contributed by atoms with Crippen molar-refractivity contribution < 1.29 is 4.74 Å². The molecular formula is C24H28O. The number of hydrogen-bond acceptors (Lipinski definition) is 1. The van der Waals surface area contributed by atoms with Crippen LogP contribution >= 0.6 is 0 Å². The molecule has 130 valence electrons. The molecular weight excluding hydrogens is 304 g/mol. The summed E-state index contributed by atoms with van der Waals surface area (Å²) in [6.07, 6.45) is 8.65. The molecule has 6 rings (SSSR count). The van der Waals surface area contributed by atoms with Gasteiger partial charge in [-0.3, -0.25) is 0 Å². The summed E-state index contributed by atoms with van der Waals surface area (Å²) in [6, 6.07) is 17.5. The van der Waals surface area contributed by atoms with Crippen molar-refractivity contribution in [2.45, 2.75) is 57.5 Å². The number of benzene rings is 2. The fraction of sp³-hybridized carbons (Fsp3) is 0.500. The van der Waals surface area contributed by atoms with E-state index in [1.807, 2.05) is 0 Å². The molecule has 2 aromatic rings. The van der Waals surface area contributed by atoms with E-state index < -0.39 is 0 Å². The molecule has 4 bridgehead atoms. The highest BCUT2D eigenvalue weighted by Gasteiger charge is 2.52. The first-order chi connectivity index (χ1) is 12.2. The minimum Gasteiger partial charge on any atom is -0.489 e. The van der Waals surface area contributed by atoms with Crippen LogP contribution in [0.5, 0.6) is 5.75 Å². The van der Waals surface area contributed by atoms with Gasteiger partial charge in [-0.1, -0.05) is 42.5 Å². The monoisotopic (exact) mass is 332 g/mol. The van der Waals surface area contributed by atoms with Gasteiger partial charge in [-0.25, -0.2) is 0 Å². The van der Waals surface area contributed by atoms with E-state index in [9.17, 15) is 0 Å². The Balaban J connectivity index is 1.47. The third kappa shape index (κ3) is 2.78. The van der Waals surface area contributed by atoms with Crippen molar-refractivity contribution in [2.24, 2.45) is 17.8 Å². The van der Waals surface area contributed by atoms with E-state index in [1.165, 1.54) is 55.2 Å². The molecule has 0 aromatic heterocycles. The highest BCUT2D eigenvalue weighted by Crippen LogP contribution is 2.61. The Bertz CT molecular complexity index is 726. The van der Waals surface area contributed by atoms with Crippen LogP contribution in [0.15, 0.2) is 48.5 Å². The van der Waals surface area contributed by atoms with Crippen molar-refractivity contribution in [3.8, 4) is 5.75 Å². The fourth-order valence-corrected chi connectivity index (χ4v) is 6.36. The second-order valence-electron chi connectivity index (χ2n) is 8.97. The lowest BCUT2D eigenvalue weighted by Crippen LogP contribution is -2.48. The van der Waals surface area contributed by atoms with Crippen molar-refractivity contribution in [1.29, 1.82) is 0 Å². The zero-order chi connectivity index (χ0) is 16.9. The topological polar surface area (TPSA) is 9.23 Å². The van der Waals surface area contributed by atoms with Crippen molar-refractivity contribution >= 4 is 0 Å². The van der Waals surface area contributed by atoms with E-state index in [0.29, 0.717) is 12.0 Å². The number of hydrogen-bond donors (Lipinski definition) is 0. The molecule has 0 atom stereocenters. The van der Waals surface area contributed by atoms with Crippen molar-refractivity contribution in [1.82, 2.24) is 0 Å². The zero-order valence-corrected chi connectivity index (χ0v) is 15.2. The Hall–Kier alpha value is -1.76. The smallest absolute Gasteiger partial charge is 0.123 e. The van der Waals surface area contributed by atoms with Crippen LogP contribution in [0.1, 0.15) is 55.2 Å². The summed E-state index contributed by atoms with van der Waals surface area (Å²) < 4.78 is 6.39. The molecule has 4 aliphatic carbocycles. The minimum atomic E-state index is 0.397. The van der Waals surface area contributed by atoms with E-state index in [4.69, 9.17) is 4.74 Å². The summed E-state index contributed by atoms with van der Waals surface area (Å²) in [5, 5.41) is 0. The molecule has 4 saturated carbocycles. The summed E-state index contributed by atoms with van der Waals surface area (Å²) >= 11 is 0. The van der Waals surface area contributed by atoms with Crippen molar-refractivity contribution in [3.63, 3.8) is 0 Å². The second kappa shape index (κ2) is 5.90. The third-order valence-corrected chi connectivity index (χ3v) is 6.98. The molecule has 4 fully saturated rings. The Morgan fingerprint density at radius 2 is 1.52 bits per heavy atom. The first-order valence-corrected chi connectivity index (χ1v) is 9.98. The first-order valence-electron chi connectivity index (χ1n) is 9.98. The molecule has 1 heteroatoms. The summed E-state index contributed by atoms with van der Waals surface area (Å²) in [5.41, 5.74) is 4.46. The Kier molecular flexibility index (Phi) is 3.66. The maximum absolute atomic E-state index is 6.39. The standard InChI is InChI=1S/C24H28O/c1-17-7-8-22(23(9-17)25-16-18-5-3-2-4-6-18)24-13-19-10-20(14-24)12-21(11-19)15-24/h2-9,19-21H,10-16H2,1H3. The fourth-order valence-electron chi connectivity index (χ4n) is 6.36. The van der Waals surface area contributed by atoms with Crippen molar-refractivity contribution in [3.05, 3.63) is 65.2 Å². The molecule has 0 radical (unpaired) electrons. The zero-order valence-electron chi connectivity index (χ0n) is 15.2. The van der Waals surface area contributed by atoms with Gasteiger partial charge in [0.2, 0.25) is 0 Å². The SMILES string of the molecule is Cc1ccc(C23CC4CC(CC(C4)C2)C3)c(OCc2ccccc2)c1. The van der Waals surface area contributed by atoms with Gasteiger partial charge in [0.25, 0.3) is 0 Å². The van der Waals surface area contributed by atoms with Crippen LogP contribution in [0, 0.1) is 24.7 Å². The second-order valence-corrected chi connectivity index (χ2v) is 8.97. The predicted octanol–water partition coefficient (Wildman–Crippen LogP) is 6.04. The normalized spacial score (nSPS) is 32.8. The molecule has 0 unspecified atom stereocenters. The number of aryl methyl sites for hydroxylation is 1. The molecule has 0 aliphatic heterocycles. The molecule has 0 heterocycles. The summed E-state index contributed by atoms with van der Waals surface area (Å²) in [4.78, 5) is 0. The van der Waals surface area contributed by atoms with Gasteiger partial charge in [0.05, 0.1) is 0 Å². The van der Waals surface area contributed by atoms with Crippen LogP contribution in [-0.4, -0.2) is 0 Å². The first kappa shape index (κ1) is 15.5. The average Bonchev–Trinajstić information content (AvgIpc) is 2.59. The molecule has 1 nitrogen and oxygen atoms in total. The molecule has 2 aromatic carbocycles. The van der Waals surface area contributed by atoms with Crippen LogP contribution in [0.25, 0.3) is 0 Å². The highest BCUT2D eigenvalue weighted by atomic mass is 16.5. The average molecular weight is 332 g/mol. The van der Waals surface area contributed by atoms with Crippen LogP contribution in [0.2, 0.25) is 0 Å². The lowest BCUT2D eigenvalue weighted by atomic mass is 9.48. The van der Waals surface area contributed by atoms with Gasteiger partial charge in [0.15, 0.2) is 0 Å². The van der Waals surface area contributed by atoms with Gasteiger partial charge >= 0.3 is 0 Å². The number of rotatable bonds is 4. The van der Waals surface area contributed by atoms with Crippen molar-refractivity contribution in [2.75, 3.05) is 0 Å². The highest BCUT2D eigenvalue weighted by molar-refractivity contribution is 5.44. The summed E-state index contributed by atoms with van der Waals surface area (Å²) in [7, 11) is 0. The molecule has 0 N–H and O–H groups in total. The maximum atomic E-state index is 6.39. The van der Waals surface area contributed by atoms with Gasteiger partial charge in [-0.15, -0.1) is 0 Å². The molecule has 0 amide bonds. The quantitative estimate of drug-likeness (QED) is 0.663. The molecule has 4 aliphatic rings. The largest absolute Gasteiger partial charge is 0.489 e. The van der Waals surface area contributed by atoms with E-state index >= 15 is 0 Å². The van der Waals surface area contributed by atoms with E-state index in [0.717, 1.165) is 23.5 Å². The molecule has 25 heavy (non-hydrogen) atoms. The third-order valence-electron chi connectivity index (χ3n) is 6.98. The van der Waals surface area contributed by atoms with E-state index in [1.54, 1.807) is 0 Å².